The number of aliphatic hydroxyl groups excluding tert-OH is 1. The first-order valence-corrected chi connectivity index (χ1v) is 7.62. The van der Waals surface area contributed by atoms with Crippen LogP contribution in [0.15, 0.2) is 0 Å². The fourth-order valence-electron chi connectivity index (χ4n) is 2.46. The SMILES string of the molecule is CCCNc1nc(Cl)nc(N2CCCC(CCO)C2)n1. The summed E-state index contributed by atoms with van der Waals surface area (Å²) in [6.07, 6.45) is 4.07. The minimum atomic E-state index is 0.220. The van der Waals surface area contributed by atoms with Crippen molar-refractivity contribution >= 4 is 23.5 Å². The number of nitrogens with zero attached hydrogens (tertiary/aromatic N) is 4. The van der Waals surface area contributed by atoms with Crippen molar-refractivity contribution in [2.75, 3.05) is 36.5 Å². The average molecular weight is 300 g/mol. The lowest BCUT2D eigenvalue weighted by atomic mass is 9.95. The molecule has 0 amide bonds. The third kappa shape index (κ3) is 4.18. The first-order valence-electron chi connectivity index (χ1n) is 7.24. The number of aromatic nitrogens is 3. The lowest BCUT2D eigenvalue weighted by Crippen LogP contribution is -2.37. The number of aliphatic hydroxyl groups is 1. The molecule has 1 atom stereocenters. The third-order valence-corrected chi connectivity index (χ3v) is 3.64. The zero-order valence-corrected chi connectivity index (χ0v) is 12.6. The Labute approximate surface area is 124 Å². The summed E-state index contributed by atoms with van der Waals surface area (Å²) in [4.78, 5) is 14.9. The summed E-state index contributed by atoms with van der Waals surface area (Å²) in [7, 11) is 0. The molecule has 1 unspecified atom stereocenters. The highest BCUT2D eigenvalue weighted by Gasteiger charge is 2.22. The van der Waals surface area contributed by atoms with Crippen LogP contribution in [0.2, 0.25) is 5.28 Å². The monoisotopic (exact) mass is 299 g/mol. The smallest absolute Gasteiger partial charge is 0.231 e. The van der Waals surface area contributed by atoms with Gasteiger partial charge in [-0.05, 0) is 43.2 Å². The van der Waals surface area contributed by atoms with Gasteiger partial charge in [0.2, 0.25) is 17.2 Å². The van der Waals surface area contributed by atoms with Gasteiger partial charge in [0.05, 0.1) is 0 Å². The molecular weight excluding hydrogens is 278 g/mol. The van der Waals surface area contributed by atoms with Crippen molar-refractivity contribution in [3.05, 3.63) is 5.28 Å². The van der Waals surface area contributed by atoms with Crippen LogP contribution in [0.4, 0.5) is 11.9 Å². The molecule has 2 N–H and O–H groups in total. The highest BCUT2D eigenvalue weighted by molar-refractivity contribution is 6.28. The summed E-state index contributed by atoms with van der Waals surface area (Å²) in [5.41, 5.74) is 0. The van der Waals surface area contributed by atoms with Crippen molar-refractivity contribution in [3.8, 4) is 0 Å². The molecule has 6 nitrogen and oxygen atoms in total. The van der Waals surface area contributed by atoms with E-state index in [0.717, 1.165) is 45.3 Å². The maximum absolute atomic E-state index is 9.07. The zero-order valence-electron chi connectivity index (χ0n) is 11.8. The Balaban J connectivity index is 2.08. The Morgan fingerprint density at radius 2 is 2.25 bits per heavy atom. The Hall–Kier alpha value is -1.14. The fourth-order valence-corrected chi connectivity index (χ4v) is 2.62. The van der Waals surface area contributed by atoms with E-state index in [9.17, 15) is 0 Å². The van der Waals surface area contributed by atoms with Gasteiger partial charge in [0.25, 0.3) is 0 Å². The molecule has 1 fully saturated rings. The van der Waals surface area contributed by atoms with E-state index < -0.39 is 0 Å². The van der Waals surface area contributed by atoms with Crippen molar-refractivity contribution in [3.63, 3.8) is 0 Å². The van der Waals surface area contributed by atoms with Gasteiger partial charge in [-0.15, -0.1) is 0 Å². The quantitative estimate of drug-likeness (QED) is 0.836. The average Bonchev–Trinajstić information content (AvgIpc) is 2.45. The minimum absolute atomic E-state index is 0.220. The van der Waals surface area contributed by atoms with Gasteiger partial charge >= 0.3 is 0 Å². The maximum Gasteiger partial charge on any atom is 0.231 e. The van der Waals surface area contributed by atoms with Crippen LogP contribution >= 0.6 is 11.6 Å². The molecule has 1 aliphatic heterocycles. The first-order chi connectivity index (χ1) is 9.72. The van der Waals surface area contributed by atoms with Gasteiger partial charge in [-0.3, -0.25) is 0 Å². The molecule has 0 saturated carbocycles. The summed E-state index contributed by atoms with van der Waals surface area (Å²) in [5, 5.41) is 12.4. The maximum atomic E-state index is 9.07. The topological polar surface area (TPSA) is 74.2 Å². The van der Waals surface area contributed by atoms with Gasteiger partial charge in [-0.25, -0.2) is 0 Å². The Kier molecular flexibility index (Phi) is 5.79. The van der Waals surface area contributed by atoms with Gasteiger partial charge in [0.1, 0.15) is 0 Å². The number of piperidine rings is 1. The Bertz CT molecular complexity index is 429. The Morgan fingerprint density at radius 1 is 1.40 bits per heavy atom. The summed E-state index contributed by atoms with van der Waals surface area (Å²) in [6, 6.07) is 0. The van der Waals surface area contributed by atoms with E-state index in [2.05, 4.69) is 32.1 Å². The van der Waals surface area contributed by atoms with Crippen molar-refractivity contribution < 1.29 is 5.11 Å². The van der Waals surface area contributed by atoms with Crippen LogP contribution in [0.5, 0.6) is 0 Å². The number of halogens is 1. The highest BCUT2D eigenvalue weighted by Crippen LogP contribution is 2.23. The van der Waals surface area contributed by atoms with Crippen LogP contribution in [0.25, 0.3) is 0 Å². The van der Waals surface area contributed by atoms with Gasteiger partial charge < -0.3 is 15.3 Å². The van der Waals surface area contributed by atoms with E-state index in [1.807, 2.05) is 0 Å². The van der Waals surface area contributed by atoms with Gasteiger partial charge in [0, 0.05) is 26.2 Å². The van der Waals surface area contributed by atoms with E-state index in [1.165, 1.54) is 0 Å². The van der Waals surface area contributed by atoms with Crippen LogP contribution in [-0.4, -0.2) is 46.3 Å². The third-order valence-electron chi connectivity index (χ3n) is 3.47. The van der Waals surface area contributed by atoms with Gasteiger partial charge in [-0.2, -0.15) is 15.0 Å². The molecule has 2 rings (SSSR count). The fraction of sp³-hybridized carbons (Fsp3) is 0.769. The number of anilines is 2. The van der Waals surface area contributed by atoms with E-state index in [1.54, 1.807) is 0 Å². The van der Waals surface area contributed by atoms with E-state index >= 15 is 0 Å². The number of hydrogen-bond acceptors (Lipinski definition) is 6. The van der Waals surface area contributed by atoms with Crippen molar-refractivity contribution in [2.24, 2.45) is 5.92 Å². The normalized spacial score (nSPS) is 19.1. The molecule has 0 radical (unpaired) electrons. The molecule has 1 saturated heterocycles. The van der Waals surface area contributed by atoms with Crippen LogP contribution in [-0.2, 0) is 0 Å². The molecule has 1 aliphatic rings. The summed E-state index contributed by atoms with van der Waals surface area (Å²) in [5.74, 6) is 1.66. The van der Waals surface area contributed by atoms with Crippen LogP contribution < -0.4 is 10.2 Å². The van der Waals surface area contributed by atoms with Crippen LogP contribution in [0.3, 0.4) is 0 Å². The second-order valence-corrected chi connectivity index (χ2v) is 5.46. The summed E-state index contributed by atoms with van der Waals surface area (Å²) in [6.45, 7) is 4.93. The van der Waals surface area contributed by atoms with Crippen molar-refractivity contribution in [1.29, 1.82) is 0 Å². The first kappa shape index (κ1) is 15.3. The molecular formula is C13H22ClN5O. The van der Waals surface area contributed by atoms with E-state index in [0.29, 0.717) is 17.8 Å². The molecule has 20 heavy (non-hydrogen) atoms. The molecule has 0 aliphatic carbocycles. The molecule has 1 aromatic rings. The lowest BCUT2D eigenvalue weighted by Gasteiger charge is -2.32. The standard InChI is InChI=1S/C13H22ClN5O/c1-2-6-15-12-16-11(14)17-13(18-12)19-7-3-4-10(9-19)5-8-20/h10,20H,2-9H2,1H3,(H,15,16,17,18). The molecule has 0 aromatic carbocycles. The van der Waals surface area contributed by atoms with Gasteiger partial charge in [0.15, 0.2) is 0 Å². The molecule has 112 valence electrons. The second kappa shape index (κ2) is 7.59. The van der Waals surface area contributed by atoms with E-state index in [4.69, 9.17) is 16.7 Å². The predicted octanol–water partition coefficient (Wildman–Crippen LogP) is 1.95. The molecule has 0 bridgehead atoms. The van der Waals surface area contributed by atoms with E-state index in [-0.39, 0.29) is 11.9 Å². The number of nitrogens with one attached hydrogen (secondary N) is 1. The van der Waals surface area contributed by atoms with Crippen molar-refractivity contribution in [1.82, 2.24) is 15.0 Å². The van der Waals surface area contributed by atoms with Crippen molar-refractivity contribution in [2.45, 2.75) is 32.6 Å². The highest BCUT2D eigenvalue weighted by atomic mass is 35.5. The summed E-state index contributed by atoms with van der Waals surface area (Å²) >= 11 is 5.98. The molecule has 2 heterocycles. The Morgan fingerprint density at radius 3 is 3.00 bits per heavy atom. The van der Waals surface area contributed by atoms with Crippen LogP contribution in [0.1, 0.15) is 32.6 Å². The zero-order chi connectivity index (χ0) is 14.4. The molecule has 1 aromatic heterocycles. The second-order valence-electron chi connectivity index (χ2n) is 5.12. The molecule has 0 spiro atoms. The van der Waals surface area contributed by atoms with Crippen LogP contribution in [0, 0.1) is 5.92 Å². The summed E-state index contributed by atoms with van der Waals surface area (Å²) < 4.78 is 0. The predicted molar refractivity (Wildman–Crippen MR) is 80.3 cm³/mol. The minimum Gasteiger partial charge on any atom is -0.396 e. The lowest BCUT2D eigenvalue weighted by molar-refractivity contribution is 0.244. The number of hydrogen-bond donors (Lipinski definition) is 2. The number of rotatable bonds is 6. The van der Waals surface area contributed by atoms with Gasteiger partial charge in [-0.1, -0.05) is 6.92 Å². The molecule has 7 heteroatoms. The largest absolute Gasteiger partial charge is 0.396 e.